The van der Waals surface area contributed by atoms with Crippen LogP contribution in [0.1, 0.15) is 31.5 Å². The van der Waals surface area contributed by atoms with Crippen molar-refractivity contribution in [2.75, 3.05) is 12.4 Å². The van der Waals surface area contributed by atoms with Gasteiger partial charge in [-0.25, -0.2) is 9.78 Å². The van der Waals surface area contributed by atoms with E-state index in [2.05, 4.69) is 25.3 Å². The number of rotatable bonds is 6. The third-order valence-corrected chi connectivity index (χ3v) is 4.70. The van der Waals surface area contributed by atoms with Gasteiger partial charge >= 0.3 is 12.4 Å². The van der Waals surface area contributed by atoms with E-state index in [1.54, 1.807) is 19.2 Å². The highest BCUT2D eigenvalue weighted by Crippen LogP contribution is 2.32. The molecular formula is C20H23F3N4O4. The summed E-state index contributed by atoms with van der Waals surface area (Å²) >= 11 is 0. The highest BCUT2D eigenvalue weighted by molar-refractivity contribution is 5.91. The minimum absolute atomic E-state index is 0.00768. The van der Waals surface area contributed by atoms with Crippen LogP contribution in [0.15, 0.2) is 30.5 Å². The van der Waals surface area contributed by atoms with Gasteiger partial charge in [-0.15, -0.1) is 13.2 Å². The molecule has 1 heterocycles. The average molecular weight is 440 g/mol. The maximum Gasteiger partial charge on any atom is 0.573 e. The number of nitrogens with one attached hydrogen (secondary N) is 2. The Morgan fingerprint density at radius 3 is 2.55 bits per heavy atom. The molecule has 168 valence electrons. The first-order valence-corrected chi connectivity index (χ1v) is 9.69. The van der Waals surface area contributed by atoms with Crippen LogP contribution in [0.25, 0.3) is 0 Å². The first kappa shape index (κ1) is 22.4. The van der Waals surface area contributed by atoms with E-state index >= 15 is 0 Å². The fourth-order valence-electron chi connectivity index (χ4n) is 3.32. The number of halogens is 3. The third-order valence-electron chi connectivity index (χ3n) is 4.70. The molecular weight excluding hydrogens is 417 g/mol. The number of methoxy groups -OCH3 is 1. The van der Waals surface area contributed by atoms with Gasteiger partial charge in [0.2, 0.25) is 5.88 Å². The Labute approximate surface area is 177 Å². The molecule has 2 N–H and O–H groups in total. The number of amides is 2. The molecule has 1 aromatic carbocycles. The molecule has 0 saturated heterocycles. The molecule has 1 aromatic heterocycles. The molecule has 1 aliphatic carbocycles. The van der Waals surface area contributed by atoms with E-state index in [0.717, 1.165) is 25.0 Å². The Morgan fingerprint density at radius 1 is 1.16 bits per heavy atom. The Hall–Kier alpha value is -3.24. The lowest BCUT2D eigenvalue weighted by Crippen LogP contribution is -2.41. The van der Waals surface area contributed by atoms with E-state index in [9.17, 15) is 18.0 Å². The smallest absolute Gasteiger partial charge is 0.495 e. The molecule has 1 aliphatic rings. The lowest BCUT2D eigenvalue weighted by Gasteiger charge is -2.29. The standard InChI is InChI=1S/C20H23F3N4O4/c1-12-24-10-9-18(25-12)30-14-5-3-13(4-6-14)26-19(28)27-16-11-15(31-20(21,22)23)7-8-17(16)29-2/h7-11,13-14H,3-6H2,1-2H3,(H2,26,27,28). The molecule has 31 heavy (non-hydrogen) atoms. The van der Waals surface area contributed by atoms with Crippen molar-refractivity contribution in [1.82, 2.24) is 15.3 Å². The van der Waals surface area contributed by atoms with Gasteiger partial charge in [-0.1, -0.05) is 0 Å². The summed E-state index contributed by atoms with van der Waals surface area (Å²) in [6.07, 6.45) is -0.366. The second kappa shape index (κ2) is 9.71. The maximum absolute atomic E-state index is 12.4. The van der Waals surface area contributed by atoms with Crippen LogP contribution in [0.3, 0.4) is 0 Å². The summed E-state index contributed by atoms with van der Waals surface area (Å²) in [5.41, 5.74) is 0.0675. The van der Waals surface area contributed by atoms with Crippen molar-refractivity contribution in [3.05, 3.63) is 36.3 Å². The van der Waals surface area contributed by atoms with Crippen molar-refractivity contribution >= 4 is 11.7 Å². The second-order valence-electron chi connectivity index (χ2n) is 7.04. The van der Waals surface area contributed by atoms with Crippen LogP contribution < -0.4 is 24.8 Å². The summed E-state index contributed by atoms with van der Waals surface area (Å²) in [5, 5.41) is 5.35. The largest absolute Gasteiger partial charge is 0.573 e. The number of carbonyl (C=O) groups excluding carboxylic acids is 1. The number of aryl methyl sites for hydroxylation is 1. The number of carbonyl (C=O) groups is 1. The molecule has 2 amide bonds. The van der Waals surface area contributed by atoms with Crippen LogP contribution in [0, 0.1) is 6.92 Å². The topological polar surface area (TPSA) is 94.6 Å². The van der Waals surface area contributed by atoms with Crippen LogP contribution in [-0.2, 0) is 0 Å². The van der Waals surface area contributed by atoms with Crippen molar-refractivity contribution < 1.29 is 32.2 Å². The fraction of sp³-hybridized carbons (Fsp3) is 0.450. The van der Waals surface area contributed by atoms with Gasteiger partial charge < -0.3 is 24.8 Å². The van der Waals surface area contributed by atoms with E-state index in [1.165, 1.54) is 13.2 Å². The summed E-state index contributed by atoms with van der Waals surface area (Å²) < 4.78 is 52.2. The number of ether oxygens (including phenoxy) is 3. The number of benzene rings is 1. The minimum Gasteiger partial charge on any atom is -0.495 e. The predicted octanol–water partition coefficient (Wildman–Crippen LogP) is 4.20. The molecule has 0 atom stereocenters. The molecule has 3 rings (SSSR count). The summed E-state index contributed by atoms with van der Waals surface area (Å²) in [4.78, 5) is 20.6. The zero-order chi connectivity index (χ0) is 22.4. The zero-order valence-electron chi connectivity index (χ0n) is 17.0. The monoisotopic (exact) mass is 440 g/mol. The van der Waals surface area contributed by atoms with Crippen LogP contribution in [-0.4, -0.2) is 41.6 Å². The number of nitrogens with zero attached hydrogens (tertiary/aromatic N) is 2. The quantitative estimate of drug-likeness (QED) is 0.699. The SMILES string of the molecule is COc1ccc(OC(F)(F)F)cc1NC(=O)NC1CCC(Oc2ccnc(C)n2)CC1. The fourth-order valence-corrected chi connectivity index (χ4v) is 3.32. The molecule has 0 spiro atoms. The molecule has 2 aromatic rings. The van der Waals surface area contributed by atoms with Crippen molar-refractivity contribution in [2.45, 2.75) is 51.1 Å². The first-order valence-electron chi connectivity index (χ1n) is 9.69. The molecule has 8 nitrogen and oxygen atoms in total. The number of urea groups is 1. The highest BCUT2D eigenvalue weighted by atomic mass is 19.4. The van der Waals surface area contributed by atoms with E-state index in [-0.39, 0.29) is 23.6 Å². The van der Waals surface area contributed by atoms with Gasteiger partial charge in [0, 0.05) is 24.4 Å². The predicted molar refractivity (Wildman–Crippen MR) is 105 cm³/mol. The van der Waals surface area contributed by atoms with Crippen LogP contribution >= 0.6 is 0 Å². The molecule has 0 aliphatic heterocycles. The Kier molecular flexibility index (Phi) is 7.03. The van der Waals surface area contributed by atoms with E-state index in [0.29, 0.717) is 24.5 Å². The number of hydrogen-bond donors (Lipinski definition) is 2. The van der Waals surface area contributed by atoms with Gasteiger partial charge in [-0.05, 0) is 44.7 Å². The second-order valence-corrected chi connectivity index (χ2v) is 7.04. The van der Waals surface area contributed by atoms with Crippen molar-refractivity contribution in [3.8, 4) is 17.4 Å². The molecule has 1 saturated carbocycles. The lowest BCUT2D eigenvalue weighted by atomic mass is 9.93. The highest BCUT2D eigenvalue weighted by Gasteiger charge is 2.31. The average Bonchev–Trinajstić information content (AvgIpc) is 2.68. The van der Waals surface area contributed by atoms with Crippen molar-refractivity contribution in [3.63, 3.8) is 0 Å². The molecule has 1 fully saturated rings. The van der Waals surface area contributed by atoms with Crippen LogP contribution in [0.2, 0.25) is 0 Å². The summed E-state index contributed by atoms with van der Waals surface area (Å²) in [6, 6.07) is 4.52. The zero-order valence-corrected chi connectivity index (χ0v) is 17.0. The van der Waals surface area contributed by atoms with Crippen molar-refractivity contribution in [1.29, 1.82) is 0 Å². The lowest BCUT2D eigenvalue weighted by molar-refractivity contribution is -0.274. The van der Waals surface area contributed by atoms with E-state index in [4.69, 9.17) is 9.47 Å². The summed E-state index contributed by atoms with van der Waals surface area (Å²) in [5.74, 6) is 0.905. The van der Waals surface area contributed by atoms with Crippen molar-refractivity contribution in [2.24, 2.45) is 0 Å². The van der Waals surface area contributed by atoms with Gasteiger partial charge in [0.1, 0.15) is 23.4 Å². The first-order chi connectivity index (χ1) is 14.7. The van der Waals surface area contributed by atoms with Gasteiger partial charge in [-0.2, -0.15) is 4.98 Å². The van der Waals surface area contributed by atoms with Gasteiger partial charge in [0.15, 0.2) is 0 Å². The molecule has 11 heteroatoms. The van der Waals surface area contributed by atoms with Gasteiger partial charge in [0.25, 0.3) is 0 Å². The van der Waals surface area contributed by atoms with E-state index < -0.39 is 18.1 Å². The Balaban J connectivity index is 1.51. The van der Waals surface area contributed by atoms with Crippen LogP contribution in [0.4, 0.5) is 23.7 Å². The minimum atomic E-state index is -4.83. The molecule has 0 bridgehead atoms. The Bertz CT molecular complexity index is 902. The molecule has 0 unspecified atom stereocenters. The molecule has 0 radical (unpaired) electrons. The Morgan fingerprint density at radius 2 is 1.90 bits per heavy atom. The van der Waals surface area contributed by atoms with Gasteiger partial charge in [-0.3, -0.25) is 0 Å². The number of anilines is 1. The van der Waals surface area contributed by atoms with E-state index in [1.807, 2.05) is 0 Å². The number of hydrogen-bond acceptors (Lipinski definition) is 6. The number of alkyl halides is 3. The summed E-state index contributed by atoms with van der Waals surface area (Å²) in [7, 11) is 1.35. The third kappa shape index (κ3) is 6.90. The van der Waals surface area contributed by atoms with Gasteiger partial charge in [0.05, 0.1) is 12.8 Å². The summed E-state index contributed by atoms with van der Waals surface area (Å²) in [6.45, 7) is 1.78. The maximum atomic E-state index is 12.4. The number of aromatic nitrogens is 2. The van der Waals surface area contributed by atoms with Crippen LogP contribution in [0.5, 0.6) is 17.4 Å². The normalized spacial score (nSPS) is 18.7.